The standard InChI is InChI=1S/C17H16ClN3O4S/c1-11(22)21-17(10-16(20-21)12-2-6-14(18)7-3-12)13-4-8-15(9-5-13)25-26(19,23)24/h2-9,17H,10H2,1H3,(H2,19,23,24). The van der Waals surface area contributed by atoms with Gasteiger partial charge in [-0.1, -0.05) is 35.9 Å². The van der Waals surface area contributed by atoms with Gasteiger partial charge in [0.25, 0.3) is 0 Å². The lowest BCUT2D eigenvalue weighted by Gasteiger charge is -2.20. The van der Waals surface area contributed by atoms with Crippen molar-refractivity contribution in [3.8, 4) is 5.75 Å². The lowest BCUT2D eigenvalue weighted by molar-refractivity contribution is -0.130. The highest BCUT2D eigenvalue weighted by Gasteiger charge is 2.31. The Morgan fingerprint density at radius 3 is 2.35 bits per heavy atom. The van der Waals surface area contributed by atoms with Crippen molar-refractivity contribution in [1.82, 2.24) is 5.01 Å². The number of hydrazone groups is 1. The molecule has 0 spiro atoms. The first-order valence-corrected chi connectivity index (χ1v) is 9.53. The number of nitrogens with zero attached hydrogens (tertiary/aromatic N) is 2. The van der Waals surface area contributed by atoms with Crippen molar-refractivity contribution in [3.63, 3.8) is 0 Å². The van der Waals surface area contributed by atoms with Crippen LogP contribution in [0.4, 0.5) is 0 Å². The van der Waals surface area contributed by atoms with Crippen molar-refractivity contribution in [3.05, 3.63) is 64.7 Å². The molecule has 1 unspecified atom stereocenters. The van der Waals surface area contributed by atoms with Gasteiger partial charge in [0.05, 0.1) is 11.8 Å². The van der Waals surface area contributed by atoms with Crippen molar-refractivity contribution < 1.29 is 17.4 Å². The number of halogens is 1. The van der Waals surface area contributed by atoms with Crippen molar-refractivity contribution >= 4 is 33.5 Å². The summed E-state index contributed by atoms with van der Waals surface area (Å²) in [4.78, 5) is 12.0. The van der Waals surface area contributed by atoms with Crippen molar-refractivity contribution in [2.75, 3.05) is 0 Å². The second-order valence-corrected chi connectivity index (χ2v) is 7.37. The normalized spacial score (nSPS) is 17.1. The molecule has 2 aromatic rings. The molecule has 0 bridgehead atoms. The Morgan fingerprint density at radius 1 is 1.19 bits per heavy atom. The van der Waals surface area contributed by atoms with Gasteiger partial charge in [-0.3, -0.25) is 4.79 Å². The van der Waals surface area contributed by atoms with Crippen LogP contribution in [0.5, 0.6) is 5.75 Å². The summed E-state index contributed by atoms with van der Waals surface area (Å²) in [7, 11) is -4.08. The highest BCUT2D eigenvalue weighted by atomic mass is 35.5. The van der Waals surface area contributed by atoms with Crippen LogP contribution in [-0.4, -0.2) is 25.0 Å². The Kier molecular flexibility index (Phi) is 4.99. The summed E-state index contributed by atoms with van der Waals surface area (Å²) in [6, 6.07) is 13.3. The van der Waals surface area contributed by atoms with Gasteiger partial charge in [-0.05, 0) is 35.4 Å². The Labute approximate surface area is 156 Å². The fourth-order valence-electron chi connectivity index (χ4n) is 2.76. The molecule has 0 fully saturated rings. The van der Waals surface area contributed by atoms with Crippen LogP contribution >= 0.6 is 11.6 Å². The van der Waals surface area contributed by atoms with Gasteiger partial charge in [0.2, 0.25) is 5.91 Å². The molecule has 0 saturated carbocycles. The van der Waals surface area contributed by atoms with Crippen molar-refractivity contribution in [1.29, 1.82) is 0 Å². The number of amides is 1. The van der Waals surface area contributed by atoms with E-state index in [-0.39, 0.29) is 17.7 Å². The SMILES string of the molecule is CC(=O)N1N=C(c2ccc(Cl)cc2)CC1c1ccc(OS(N)(=O)=O)cc1. The summed E-state index contributed by atoms with van der Waals surface area (Å²) >= 11 is 5.91. The molecule has 3 rings (SSSR count). The summed E-state index contributed by atoms with van der Waals surface area (Å²) in [5.74, 6) is -0.0914. The summed E-state index contributed by atoms with van der Waals surface area (Å²) < 4.78 is 26.6. The third-order valence-corrected chi connectivity index (χ3v) is 4.56. The summed E-state index contributed by atoms with van der Waals surface area (Å²) in [6.07, 6.45) is 0.524. The first-order valence-electron chi connectivity index (χ1n) is 7.68. The zero-order valence-corrected chi connectivity index (χ0v) is 15.4. The van der Waals surface area contributed by atoms with E-state index in [1.807, 2.05) is 12.1 Å². The minimum Gasteiger partial charge on any atom is -0.371 e. The maximum Gasteiger partial charge on any atom is 0.380 e. The van der Waals surface area contributed by atoms with Gasteiger partial charge in [-0.15, -0.1) is 0 Å². The molecule has 136 valence electrons. The number of carbonyl (C=O) groups is 1. The molecule has 0 aromatic heterocycles. The van der Waals surface area contributed by atoms with Crippen LogP contribution < -0.4 is 9.32 Å². The second kappa shape index (κ2) is 7.06. The fraction of sp³-hybridized carbons (Fsp3) is 0.176. The molecule has 9 heteroatoms. The number of hydrogen-bond acceptors (Lipinski definition) is 5. The largest absolute Gasteiger partial charge is 0.380 e. The lowest BCUT2D eigenvalue weighted by Crippen LogP contribution is -2.24. The highest BCUT2D eigenvalue weighted by Crippen LogP contribution is 2.33. The molecule has 0 aliphatic carbocycles. The second-order valence-electron chi connectivity index (χ2n) is 5.78. The Balaban J connectivity index is 1.85. The molecule has 1 aliphatic rings. The Bertz CT molecular complexity index is 957. The van der Waals surface area contributed by atoms with Crippen molar-refractivity contribution in [2.45, 2.75) is 19.4 Å². The van der Waals surface area contributed by atoms with E-state index in [1.54, 1.807) is 24.3 Å². The smallest absolute Gasteiger partial charge is 0.371 e. The molecular weight excluding hydrogens is 378 g/mol. The van der Waals surface area contributed by atoms with Crippen molar-refractivity contribution in [2.24, 2.45) is 10.2 Å². The first-order chi connectivity index (χ1) is 12.2. The quantitative estimate of drug-likeness (QED) is 0.862. The Hall–Kier alpha value is -2.42. The maximum atomic E-state index is 12.0. The molecule has 2 N–H and O–H groups in total. The van der Waals surface area contributed by atoms with Crippen LogP contribution in [0.25, 0.3) is 0 Å². The van der Waals surface area contributed by atoms with E-state index in [2.05, 4.69) is 9.28 Å². The van der Waals surface area contributed by atoms with Crippen LogP contribution in [0.3, 0.4) is 0 Å². The average Bonchev–Trinajstić information content (AvgIpc) is 3.00. The van der Waals surface area contributed by atoms with E-state index in [9.17, 15) is 13.2 Å². The molecular formula is C17H16ClN3O4S. The zero-order valence-electron chi connectivity index (χ0n) is 13.8. The number of benzene rings is 2. The summed E-state index contributed by atoms with van der Waals surface area (Å²) in [6.45, 7) is 1.44. The van der Waals surface area contributed by atoms with Gasteiger partial charge >= 0.3 is 10.3 Å². The maximum absolute atomic E-state index is 12.0. The molecule has 1 atom stereocenters. The first kappa shape index (κ1) is 18.4. The van der Waals surface area contributed by atoms with E-state index in [4.69, 9.17) is 16.7 Å². The van der Waals surface area contributed by atoms with E-state index in [0.717, 1.165) is 16.8 Å². The van der Waals surface area contributed by atoms with Crippen LogP contribution in [0.15, 0.2) is 53.6 Å². The molecule has 0 saturated heterocycles. The molecule has 26 heavy (non-hydrogen) atoms. The van der Waals surface area contributed by atoms with E-state index < -0.39 is 10.3 Å². The predicted octanol–water partition coefficient (Wildman–Crippen LogP) is 2.62. The van der Waals surface area contributed by atoms with E-state index in [0.29, 0.717) is 11.4 Å². The average molecular weight is 394 g/mol. The minimum atomic E-state index is -4.08. The third kappa shape index (κ3) is 4.21. The molecule has 0 radical (unpaired) electrons. The summed E-state index contributed by atoms with van der Waals surface area (Å²) in [5.41, 5.74) is 2.46. The van der Waals surface area contributed by atoms with Gasteiger partial charge in [-0.25, -0.2) is 5.01 Å². The monoisotopic (exact) mass is 393 g/mol. The number of carbonyl (C=O) groups excluding carboxylic acids is 1. The van der Waals surface area contributed by atoms with Gasteiger partial charge in [-0.2, -0.15) is 18.7 Å². The topological polar surface area (TPSA) is 102 Å². The van der Waals surface area contributed by atoms with Gasteiger partial charge in [0.15, 0.2) is 0 Å². The van der Waals surface area contributed by atoms with E-state index in [1.165, 1.54) is 24.1 Å². The molecule has 1 heterocycles. The highest BCUT2D eigenvalue weighted by molar-refractivity contribution is 7.84. The third-order valence-electron chi connectivity index (χ3n) is 3.89. The van der Waals surface area contributed by atoms with Gasteiger partial charge in [0, 0.05) is 18.4 Å². The van der Waals surface area contributed by atoms with Gasteiger partial charge < -0.3 is 4.18 Å². The van der Waals surface area contributed by atoms with Crippen LogP contribution in [0.2, 0.25) is 5.02 Å². The molecule has 7 nitrogen and oxygen atoms in total. The number of rotatable bonds is 4. The van der Waals surface area contributed by atoms with E-state index >= 15 is 0 Å². The minimum absolute atomic E-state index is 0.0995. The predicted molar refractivity (Wildman–Crippen MR) is 98.0 cm³/mol. The van der Waals surface area contributed by atoms with Crippen LogP contribution in [0.1, 0.15) is 30.5 Å². The molecule has 1 amide bonds. The summed E-state index contributed by atoms with van der Waals surface area (Å²) in [5, 5.41) is 11.3. The lowest BCUT2D eigenvalue weighted by atomic mass is 9.98. The van der Waals surface area contributed by atoms with Crippen LogP contribution in [-0.2, 0) is 15.1 Å². The van der Waals surface area contributed by atoms with Gasteiger partial charge in [0.1, 0.15) is 5.75 Å². The number of hydrogen-bond donors (Lipinski definition) is 1. The fourth-order valence-corrected chi connectivity index (χ4v) is 3.26. The van der Waals surface area contributed by atoms with Crippen LogP contribution in [0, 0.1) is 0 Å². The molecule has 1 aliphatic heterocycles. The molecule has 2 aromatic carbocycles. The zero-order chi connectivity index (χ0) is 18.9. The number of nitrogens with two attached hydrogens (primary N) is 1. The Morgan fingerprint density at radius 2 is 1.81 bits per heavy atom.